The van der Waals surface area contributed by atoms with Gasteiger partial charge in [0.1, 0.15) is 0 Å². The maximum atomic E-state index is 5.39. The molecule has 1 aromatic rings. The molecule has 5 nitrogen and oxygen atoms in total. The molecule has 108 valence electrons. The molecule has 19 heavy (non-hydrogen) atoms. The Balaban J connectivity index is 1.85. The molecule has 0 amide bonds. The van der Waals surface area contributed by atoms with Gasteiger partial charge in [0.2, 0.25) is 5.95 Å². The summed E-state index contributed by atoms with van der Waals surface area (Å²) in [5, 5.41) is 3.27. The molecule has 1 atom stereocenters. The molecule has 1 aliphatic heterocycles. The molecule has 1 fully saturated rings. The Labute approximate surface area is 116 Å². The van der Waals surface area contributed by atoms with Crippen LogP contribution in [0, 0.1) is 5.92 Å². The van der Waals surface area contributed by atoms with E-state index in [9.17, 15) is 0 Å². The zero-order chi connectivity index (χ0) is 13.5. The fourth-order valence-corrected chi connectivity index (χ4v) is 2.71. The Kier molecular flexibility index (Phi) is 5.66. The van der Waals surface area contributed by atoms with Crippen molar-refractivity contribution in [3.05, 3.63) is 12.4 Å². The lowest BCUT2D eigenvalue weighted by molar-refractivity contribution is 0.141. The molecule has 1 unspecified atom stereocenters. The van der Waals surface area contributed by atoms with Gasteiger partial charge in [0.25, 0.3) is 0 Å². The molecule has 0 aromatic carbocycles. The minimum Gasteiger partial charge on any atom is -0.382 e. The van der Waals surface area contributed by atoms with Crippen LogP contribution in [0.2, 0.25) is 0 Å². The van der Waals surface area contributed by atoms with Crippen molar-refractivity contribution in [3.63, 3.8) is 0 Å². The van der Waals surface area contributed by atoms with E-state index in [-0.39, 0.29) is 0 Å². The van der Waals surface area contributed by atoms with Gasteiger partial charge in [-0.3, -0.25) is 0 Å². The lowest BCUT2D eigenvalue weighted by Gasteiger charge is -2.19. The number of nitrogens with one attached hydrogen (secondary N) is 1. The standard InChI is InChI=1S/C14H26N4O/c1-3-19-10-4-7-17-9-6-16-14(17)18-8-5-13(12-18)11-15-2/h6,9,13,15H,3-5,7-8,10-12H2,1-2H3. The quantitative estimate of drug-likeness (QED) is 0.721. The normalized spacial score (nSPS) is 19.3. The Morgan fingerprint density at radius 1 is 1.53 bits per heavy atom. The van der Waals surface area contributed by atoms with Crippen molar-refractivity contribution in [3.8, 4) is 0 Å². The van der Waals surface area contributed by atoms with Crippen LogP contribution in [-0.4, -0.2) is 49.4 Å². The number of aryl methyl sites for hydroxylation is 1. The number of anilines is 1. The average molecular weight is 266 g/mol. The molecule has 5 heteroatoms. The van der Waals surface area contributed by atoms with Crippen molar-refractivity contribution in [1.82, 2.24) is 14.9 Å². The Morgan fingerprint density at radius 3 is 3.21 bits per heavy atom. The number of rotatable bonds is 8. The third-order valence-corrected chi connectivity index (χ3v) is 3.65. The number of aromatic nitrogens is 2. The van der Waals surface area contributed by atoms with Crippen molar-refractivity contribution in [2.24, 2.45) is 5.92 Å². The summed E-state index contributed by atoms with van der Waals surface area (Å²) in [6.07, 6.45) is 6.28. The van der Waals surface area contributed by atoms with Crippen LogP contribution in [0.3, 0.4) is 0 Å². The summed E-state index contributed by atoms with van der Waals surface area (Å²) in [4.78, 5) is 6.92. The van der Waals surface area contributed by atoms with E-state index in [1.165, 1.54) is 6.42 Å². The second kappa shape index (κ2) is 7.50. The summed E-state index contributed by atoms with van der Waals surface area (Å²) in [6.45, 7) is 7.99. The summed E-state index contributed by atoms with van der Waals surface area (Å²) < 4.78 is 7.64. The largest absolute Gasteiger partial charge is 0.382 e. The van der Waals surface area contributed by atoms with Crippen molar-refractivity contribution >= 4 is 5.95 Å². The molecule has 2 rings (SSSR count). The molecule has 1 aromatic heterocycles. The zero-order valence-electron chi connectivity index (χ0n) is 12.1. The SMILES string of the molecule is CCOCCCn1ccnc1N1CCC(CNC)C1. The van der Waals surface area contributed by atoms with E-state index in [4.69, 9.17) is 4.74 Å². The highest BCUT2D eigenvalue weighted by molar-refractivity contribution is 5.33. The Hall–Kier alpha value is -1.07. The molecule has 1 aliphatic rings. The lowest BCUT2D eigenvalue weighted by atomic mass is 10.1. The number of hydrogen-bond acceptors (Lipinski definition) is 4. The highest BCUT2D eigenvalue weighted by Crippen LogP contribution is 2.22. The summed E-state index contributed by atoms with van der Waals surface area (Å²) in [6, 6.07) is 0. The smallest absolute Gasteiger partial charge is 0.205 e. The van der Waals surface area contributed by atoms with Crippen LogP contribution in [0.25, 0.3) is 0 Å². The van der Waals surface area contributed by atoms with Gasteiger partial charge in [-0.25, -0.2) is 4.98 Å². The van der Waals surface area contributed by atoms with Gasteiger partial charge in [0.05, 0.1) is 0 Å². The van der Waals surface area contributed by atoms with Crippen LogP contribution >= 0.6 is 0 Å². The Bertz CT molecular complexity index is 366. The van der Waals surface area contributed by atoms with E-state index in [0.29, 0.717) is 0 Å². The highest BCUT2D eigenvalue weighted by Gasteiger charge is 2.24. The molecule has 0 saturated carbocycles. The first-order valence-electron chi connectivity index (χ1n) is 7.33. The van der Waals surface area contributed by atoms with Crippen molar-refractivity contribution in [2.45, 2.75) is 26.3 Å². The molecule has 2 heterocycles. The van der Waals surface area contributed by atoms with Gasteiger partial charge in [-0.1, -0.05) is 0 Å². The predicted molar refractivity (Wildman–Crippen MR) is 77.6 cm³/mol. The third kappa shape index (κ3) is 3.94. The van der Waals surface area contributed by atoms with Crippen molar-refractivity contribution in [1.29, 1.82) is 0 Å². The number of imidazole rings is 1. The van der Waals surface area contributed by atoms with Crippen molar-refractivity contribution < 1.29 is 4.74 Å². The number of hydrogen-bond donors (Lipinski definition) is 1. The van der Waals surface area contributed by atoms with E-state index in [1.807, 2.05) is 20.2 Å². The van der Waals surface area contributed by atoms with Crippen LogP contribution in [0.5, 0.6) is 0 Å². The summed E-state index contributed by atoms with van der Waals surface area (Å²) >= 11 is 0. The fraction of sp³-hybridized carbons (Fsp3) is 0.786. The maximum Gasteiger partial charge on any atom is 0.205 e. The minimum absolute atomic E-state index is 0.749. The van der Waals surface area contributed by atoms with E-state index in [0.717, 1.165) is 57.7 Å². The van der Waals surface area contributed by atoms with Crippen LogP contribution in [0.4, 0.5) is 5.95 Å². The first kappa shape index (κ1) is 14.3. The zero-order valence-corrected chi connectivity index (χ0v) is 12.1. The highest BCUT2D eigenvalue weighted by atomic mass is 16.5. The molecule has 1 N–H and O–H groups in total. The average Bonchev–Trinajstić information content (AvgIpc) is 3.03. The summed E-state index contributed by atoms with van der Waals surface area (Å²) in [5.41, 5.74) is 0. The monoisotopic (exact) mass is 266 g/mol. The van der Waals surface area contributed by atoms with Crippen LogP contribution < -0.4 is 10.2 Å². The van der Waals surface area contributed by atoms with E-state index >= 15 is 0 Å². The molecule has 1 saturated heterocycles. The number of nitrogens with zero attached hydrogens (tertiary/aromatic N) is 3. The maximum absolute atomic E-state index is 5.39. The van der Waals surface area contributed by atoms with Gasteiger partial charge < -0.3 is 19.5 Å². The van der Waals surface area contributed by atoms with Crippen LogP contribution in [0.15, 0.2) is 12.4 Å². The Morgan fingerprint density at radius 2 is 2.42 bits per heavy atom. The minimum atomic E-state index is 0.749. The van der Waals surface area contributed by atoms with E-state index in [2.05, 4.69) is 26.0 Å². The van der Waals surface area contributed by atoms with Gasteiger partial charge in [0.15, 0.2) is 0 Å². The van der Waals surface area contributed by atoms with Gasteiger partial charge in [-0.05, 0) is 39.3 Å². The second-order valence-electron chi connectivity index (χ2n) is 5.13. The molecule has 0 spiro atoms. The molecular formula is C14H26N4O. The van der Waals surface area contributed by atoms with Crippen LogP contribution in [-0.2, 0) is 11.3 Å². The molecule has 0 radical (unpaired) electrons. The van der Waals surface area contributed by atoms with E-state index < -0.39 is 0 Å². The molecular weight excluding hydrogens is 240 g/mol. The topological polar surface area (TPSA) is 42.3 Å². The molecule has 0 bridgehead atoms. The predicted octanol–water partition coefficient (Wildman–Crippen LogP) is 1.36. The lowest BCUT2D eigenvalue weighted by Crippen LogP contribution is -2.26. The molecule has 0 aliphatic carbocycles. The van der Waals surface area contributed by atoms with Crippen LogP contribution in [0.1, 0.15) is 19.8 Å². The number of ether oxygens (including phenoxy) is 1. The first-order chi connectivity index (χ1) is 9.35. The summed E-state index contributed by atoms with van der Waals surface area (Å²) in [7, 11) is 2.03. The third-order valence-electron chi connectivity index (χ3n) is 3.65. The van der Waals surface area contributed by atoms with E-state index in [1.54, 1.807) is 0 Å². The van der Waals surface area contributed by atoms with Gasteiger partial charge in [0, 0.05) is 45.2 Å². The van der Waals surface area contributed by atoms with Gasteiger partial charge >= 0.3 is 0 Å². The van der Waals surface area contributed by atoms with Gasteiger partial charge in [-0.2, -0.15) is 0 Å². The summed E-state index contributed by atoms with van der Waals surface area (Å²) in [5.74, 6) is 1.87. The second-order valence-corrected chi connectivity index (χ2v) is 5.13. The first-order valence-corrected chi connectivity index (χ1v) is 7.33. The van der Waals surface area contributed by atoms with Gasteiger partial charge in [-0.15, -0.1) is 0 Å². The van der Waals surface area contributed by atoms with Crippen molar-refractivity contribution in [2.75, 3.05) is 44.8 Å². The fourth-order valence-electron chi connectivity index (χ4n) is 2.71.